The summed E-state index contributed by atoms with van der Waals surface area (Å²) in [6.45, 7) is 23.5. The molecule has 8 aliphatic rings. The molecule has 18 rings (SSSR count). The van der Waals surface area contributed by atoms with E-state index in [4.69, 9.17) is 19.2 Å². The number of carbonyl (C=O) groups excluding carboxylic acids is 4. The van der Waals surface area contributed by atoms with Crippen molar-refractivity contribution in [1.29, 1.82) is 0 Å². The molecule has 15 heterocycles. The predicted octanol–water partition coefficient (Wildman–Crippen LogP) is 16.6. The summed E-state index contributed by atoms with van der Waals surface area (Å²) in [6, 6.07) is 20.7. The van der Waals surface area contributed by atoms with Gasteiger partial charge in [0.15, 0.2) is 12.6 Å². The molecule has 0 aromatic carbocycles. The molecular weight excluding hydrogens is 2110 g/mol. The van der Waals surface area contributed by atoms with Gasteiger partial charge in [0.25, 0.3) is 17.7 Å². The molecule has 5 aliphatic heterocycles. The second-order valence-electron chi connectivity index (χ2n) is 31.9. The molecule has 1 atom stereocenters. The summed E-state index contributed by atoms with van der Waals surface area (Å²) in [5, 5.41) is 38.0. The van der Waals surface area contributed by atoms with Crippen LogP contribution in [0.1, 0.15) is 178 Å². The number of halogens is 9. The lowest BCUT2D eigenvalue weighted by atomic mass is 9.77. The van der Waals surface area contributed by atoms with Gasteiger partial charge in [0.1, 0.15) is 52.9 Å². The lowest BCUT2D eigenvalue weighted by Gasteiger charge is -2.31. The van der Waals surface area contributed by atoms with Gasteiger partial charge in [-0.25, -0.2) is 34.9 Å². The highest BCUT2D eigenvalue weighted by atomic mass is 79.9. The van der Waals surface area contributed by atoms with E-state index in [2.05, 4.69) is 253 Å². The highest BCUT2D eigenvalue weighted by Crippen LogP contribution is 2.44. The van der Waals surface area contributed by atoms with Crippen molar-refractivity contribution in [1.82, 2.24) is 48.6 Å². The smallest absolute Gasteiger partial charge is 0.423 e. The van der Waals surface area contributed by atoms with Crippen molar-refractivity contribution >= 4 is 210 Å². The van der Waals surface area contributed by atoms with E-state index in [9.17, 15) is 34.3 Å². The number of amides is 3. The zero-order valence-corrected chi connectivity index (χ0v) is 81.2. The summed E-state index contributed by atoms with van der Waals surface area (Å²) in [4.78, 5) is 84.3. The van der Waals surface area contributed by atoms with Gasteiger partial charge in [-0.15, -0.1) is 0 Å². The third kappa shape index (κ3) is 21.6. The Balaban J connectivity index is 0.000000133. The minimum atomic E-state index is -1.57. The zero-order chi connectivity index (χ0) is 85.5. The van der Waals surface area contributed by atoms with Gasteiger partial charge in [0.2, 0.25) is 0 Å². The molecule has 35 heteroatoms. The SMILES string of the molecule is Brc1ccnc(Br)c1.Brc1ccnc(Br)c1COC1CCCCO1.CC1(C)Cc2cc3n(c2C1)CCN(c1nccc2c1COB2O)C3=O.CCc1c(B(O)O)ccnc1N1CCn2c(cc3c2CC(C)(C)C3)C1=O.CCc1c(Br)ccnc1N1CCn2c(cc3c2CC(C)(C)C3)C1=O.O=Cc1c(Br)ccnc1Br.OCc1c(Br)ccnc1Br. The van der Waals surface area contributed by atoms with Crippen molar-refractivity contribution in [2.75, 3.05) is 40.9 Å². The Morgan fingerprint density at radius 1 is 0.521 bits per heavy atom. The molecule has 1 fully saturated rings. The molecule has 0 saturated carbocycles. The first kappa shape index (κ1) is 92.3. The van der Waals surface area contributed by atoms with E-state index < -0.39 is 14.2 Å². The highest BCUT2D eigenvalue weighted by Gasteiger charge is 2.42. The standard InChI is InChI=1S/C19H24BN3O3.C19H22BrN3O.C18H20BN3O3.C11H13Br2NO2.C6H5Br2NO.C6H3Br2NO.C5H3Br2N/c1-4-13-14(20(25)26)5-6-21-17(13)23-8-7-22-15(18(23)24)9-12-10-19(2,3)11-16(12)22;1-4-13-14(20)5-6-21-17(13)23-8-7-22-15(18(23)24)9-12-10-19(2,3)11-16(12)22;1-18(2)8-11-7-14-17(23)22(6-5-21(14)15(11)9-18)16-12-10-25-19(24)13(12)3-4-20-16;12-9-4-5-14-11(13)8(9)7-16-10-3-1-2-6-15-10;2*7-5-1-2-9-6(8)4(5)3-10;6-4-1-2-8-5(7)3-4/h5-6,9,25-26H,4,7-8,10-11H2,1-3H3;5-6,9H,4,7-8,10-11H2,1-3H3;3-4,7,24H,5-6,8-10H2,1-2H3;4-5,10H,1-3,6-7H2;1-2,10H,3H2;1-3H;1-3H. The number of aliphatic hydroxyl groups excluding tert-OH is 1. The first-order valence-corrected chi connectivity index (χ1v) is 46.2. The van der Waals surface area contributed by atoms with Crippen LogP contribution in [0, 0.1) is 16.2 Å². The molecule has 1 unspecified atom stereocenters. The Labute approximate surface area is 768 Å². The second-order valence-corrected chi connectivity index (χ2v) is 39.3. The van der Waals surface area contributed by atoms with Crippen LogP contribution >= 0.6 is 143 Å². The molecule has 0 bridgehead atoms. The van der Waals surface area contributed by atoms with E-state index in [1.165, 1.54) is 46.4 Å². The molecule has 0 spiro atoms. The van der Waals surface area contributed by atoms with Crippen molar-refractivity contribution < 1.29 is 53.5 Å². The average Bonchev–Trinajstić information content (AvgIpc) is 1.61. The fourth-order valence-electron chi connectivity index (χ4n) is 16.1. The predicted molar refractivity (Wildman–Crippen MR) is 492 cm³/mol. The van der Waals surface area contributed by atoms with E-state index in [0.717, 1.165) is 167 Å². The lowest BCUT2D eigenvalue weighted by molar-refractivity contribution is -0.169. The first-order valence-electron chi connectivity index (χ1n) is 39.0. The summed E-state index contributed by atoms with van der Waals surface area (Å²) in [5.74, 6) is 1.96. The fraction of sp³-hybridized carbons (Fsp3) is 0.393. The van der Waals surface area contributed by atoms with Gasteiger partial charge in [-0.3, -0.25) is 33.9 Å². The van der Waals surface area contributed by atoms with Gasteiger partial charge in [-0.05, 0) is 266 Å². The van der Waals surface area contributed by atoms with Gasteiger partial charge >= 0.3 is 14.2 Å². The molecule has 10 aromatic heterocycles. The maximum atomic E-state index is 13.2. The van der Waals surface area contributed by atoms with Crippen LogP contribution in [0.2, 0.25) is 0 Å². The van der Waals surface area contributed by atoms with E-state index >= 15 is 0 Å². The van der Waals surface area contributed by atoms with Crippen LogP contribution in [0.15, 0.2) is 151 Å². The summed E-state index contributed by atoms with van der Waals surface area (Å²) >= 11 is 29.8. The van der Waals surface area contributed by atoms with Crippen LogP contribution in [0.25, 0.3) is 0 Å². The number of aldehydes is 1. The van der Waals surface area contributed by atoms with Gasteiger partial charge in [0.05, 0.1) is 25.4 Å². The van der Waals surface area contributed by atoms with Crippen LogP contribution in [-0.2, 0) is 105 Å². The lowest BCUT2D eigenvalue weighted by Crippen LogP contribution is -2.43. The number of carbonyl (C=O) groups is 4. The Morgan fingerprint density at radius 3 is 1.38 bits per heavy atom. The Bertz CT molecular complexity index is 5330. The first-order chi connectivity index (χ1) is 56.7. The topological polar surface area (TPSA) is 292 Å². The molecule has 3 amide bonds. The van der Waals surface area contributed by atoms with Crippen LogP contribution in [-0.4, -0.2) is 140 Å². The number of ether oxygens (including phenoxy) is 2. The van der Waals surface area contributed by atoms with Crippen molar-refractivity contribution in [3.05, 3.63) is 235 Å². The summed E-state index contributed by atoms with van der Waals surface area (Å²) in [5.41, 5.74) is 17.2. The summed E-state index contributed by atoms with van der Waals surface area (Å²) < 4.78 is 30.7. The van der Waals surface area contributed by atoms with E-state index in [0.29, 0.717) is 81.0 Å². The normalized spacial score (nSPS) is 17.1. The number of rotatable bonds is 11. The number of nitrogens with zero attached hydrogens (tertiary/aromatic N) is 13. The van der Waals surface area contributed by atoms with E-state index in [1.807, 2.05) is 42.2 Å². The molecule has 10 aromatic rings. The molecular formula is C84H90B2Br9N13O11. The highest BCUT2D eigenvalue weighted by molar-refractivity contribution is 9.12. The van der Waals surface area contributed by atoms with E-state index in [1.54, 1.807) is 71.2 Å². The number of hydrogen-bond donors (Lipinski definition) is 4. The van der Waals surface area contributed by atoms with Crippen LogP contribution < -0.4 is 25.6 Å². The number of fused-ring (bicyclic) bond motifs is 10. The van der Waals surface area contributed by atoms with Crippen LogP contribution in [0.5, 0.6) is 0 Å². The third-order valence-electron chi connectivity index (χ3n) is 21.7. The molecule has 3 aliphatic carbocycles. The van der Waals surface area contributed by atoms with Crippen molar-refractivity contribution in [2.45, 2.75) is 172 Å². The van der Waals surface area contributed by atoms with Crippen molar-refractivity contribution in [2.24, 2.45) is 16.2 Å². The van der Waals surface area contributed by atoms with E-state index in [-0.39, 0.29) is 48.1 Å². The number of aliphatic hydroxyl groups is 1. The number of anilines is 3. The second kappa shape index (κ2) is 40.4. The minimum Gasteiger partial charge on any atom is -0.423 e. The Morgan fingerprint density at radius 2 is 0.958 bits per heavy atom. The Kier molecular flexibility index (Phi) is 31.4. The number of aromatic nitrogens is 10. The van der Waals surface area contributed by atoms with Crippen LogP contribution in [0.3, 0.4) is 0 Å². The molecule has 0 radical (unpaired) electrons. The maximum absolute atomic E-state index is 13.2. The third-order valence-corrected chi connectivity index (χ3v) is 27.5. The Hall–Kier alpha value is -5.86. The molecule has 4 N–H and O–H groups in total. The maximum Gasteiger partial charge on any atom is 0.491 e. The van der Waals surface area contributed by atoms with Gasteiger partial charge in [-0.1, -0.05) is 119 Å². The van der Waals surface area contributed by atoms with Gasteiger partial charge in [0, 0.05) is 151 Å². The number of hydrogen-bond acceptors (Lipinski definition) is 18. The molecule has 1 saturated heterocycles. The zero-order valence-electron chi connectivity index (χ0n) is 66.9. The summed E-state index contributed by atoms with van der Waals surface area (Å²) in [7, 11) is -2.49. The number of pyridine rings is 7. The monoisotopic (exact) mass is 2190 g/mol. The van der Waals surface area contributed by atoms with Crippen LogP contribution in [0.4, 0.5) is 17.5 Å². The molecule has 119 heavy (non-hydrogen) atoms. The summed E-state index contributed by atoms with van der Waals surface area (Å²) in [6.07, 6.45) is 23.3. The molecule has 626 valence electrons. The molecule has 24 nitrogen and oxygen atoms in total. The van der Waals surface area contributed by atoms with Gasteiger partial charge < -0.3 is 48.0 Å². The fourth-order valence-corrected chi connectivity index (χ4v) is 21.1. The largest absolute Gasteiger partial charge is 0.491 e. The quantitative estimate of drug-likeness (QED) is 0.0531. The van der Waals surface area contributed by atoms with Crippen molar-refractivity contribution in [3.63, 3.8) is 0 Å². The minimum absolute atomic E-state index is 0.00495. The van der Waals surface area contributed by atoms with Crippen molar-refractivity contribution in [3.8, 4) is 0 Å². The average molecular weight is 2200 g/mol. The van der Waals surface area contributed by atoms with Gasteiger partial charge in [-0.2, -0.15) is 0 Å².